The molecule has 0 saturated carbocycles. The van der Waals surface area contributed by atoms with Gasteiger partial charge in [0.05, 0.1) is 0 Å². The van der Waals surface area contributed by atoms with Crippen molar-refractivity contribution in [2.24, 2.45) is 22.1 Å². The number of thiocarbonyl (C=S) groups is 1. The number of nitrogens with zero attached hydrogens (tertiary/aromatic N) is 1. The second-order valence-corrected chi connectivity index (χ2v) is 6.18. The van der Waals surface area contributed by atoms with Crippen molar-refractivity contribution in [2.75, 3.05) is 0 Å². The van der Waals surface area contributed by atoms with E-state index in [1.165, 1.54) is 30.4 Å². The smallest absolute Gasteiger partial charge is 0.189 e. The van der Waals surface area contributed by atoms with Gasteiger partial charge in [-0.25, -0.2) is 4.99 Å². The monoisotopic (exact) mass is 264 g/mol. The molecule has 0 heterocycles. The molecule has 1 unspecified atom stereocenters. The highest BCUT2D eigenvalue weighted by Gasteiger charge is 2.26. The molecule has 0 saturated heterocycles. The SMILES string of the molecule is CC1=C(/C=C/C(C)/C=N/C(N)=S)C(C)(C)CCC1. The molecule has 3 heteroatoms. The highest BCUT2D eigenvalue weighted by Crippen LogP contribution is 2.40. The minimum absolute atomic E-state index is 0.198. The minimum Gasteiger partial charge on any atom is -0.374 e. The Morgan fingerprint density at radius 3 is 2.72 bits per heavy atom. The van der Waals surface area contributed by atoms with Gasteiger partial charge >= 0.3 is 0 Å². The highest BCUT2D eigenvalue weighted by atomic mass is 32.1. The summed E-state index contributed by atoms with van der Waals surface area (Å²) in [7, 11) is 0. The van der Waals surface area contributed by atoms with E-state index in [0.29, 0.717) is 5.41 Å². The molecule has 0 spiro atoms. The van der Waals surface area contributed by atoms with E-state index >= 15 is 0 Å². The Kier molecular flexibility index (Phi) is 5.27. The summed E-state index contributed by atoms with van der Waals surface area (Å²) in [4.78, 5) is 3.96. The first-order valence-electron chi connectivity index (χ1n) is 6.55. The molecule has 0 radical (unpaired) electrons. The summed E-state index contributed by atoms with van der Waals surface area (Å²) < 4.78 is 0. The van der Waals surface area contributed by atoms with E-state index in [1.807, 2.05) is 0 Å². The van der Waals surface area contributed by atoms with Gasteiger partial charge in [0, 0.05) is 12.1 Å². The first-order valence-corrected chi connectivity index (χ1v) is 6.96. The van der Waals surface area contributed by atoms with Gasteiger partial charge in [-0.1, -0.05) is 38.5 Å². The van der Waals surface area contributed by atoms with Gasteiger partial charge in [0.15, 0.2) is 5.11 Å². The zero-order valence-electron chi connectivity index (χ0n) is 11.9. The van der Waals surface area contributed by atoms with Crippen LogP contribution in [0.3, 0.4) is 0 Å². The van der Waals surface area contributed by atoms with Crippen molar-refractivity contribution in [3.05, 3.63) is 23.3 Å². The van der Waals surface area contributed by atoms with Gasteiger partial charge in [0.25, 0.3) is 0 Å². The zero-order valence-corrected chi connectivity index (χ0v) is 12.7. The molecule has 1 aliphatic rings. The van der Waals surface area contributed by atoms with E-state index in [1.54, 1.807) is 6.21 Å². The number of nitrogens with two attached hydrogens (primary N) is 1. The molecule has 1 atom stereocenters. The second-order valence-electron chi connectivity index (χ2n) is 5.77. The van der Waals surface area contributed by atoms with Crippen LogP contribution in [0.2, 0.25) is 0 Å². The fraction of sp³-hybridized carbons (Fsp3) is 0.600. The molecule has 0 bridgehead atoms. The van der Waals surface area contributed by atoms with Crippen molar-refractivity contribution in [2.45, 2.75) is 47.0 Å². The standard InChI is InChI=1S/C15H24N2S/c1-11(10-17-14(16)18)7-8-13-12(2)6-5-9-15(13,3)4/h7-8,10-11H,5-6,9H2,1-4H3,(H2,16,18)/b8-7+,17-10+. The van der Waals surface area contributed by atoms with Crippen LogP contribution in [0.4, 0.5) is 0 Å². The van der Waals surface area contributed by atoms with Crippen LogP contribution in [-0.2, 0) is 0 Å². The Morgan fingerprint density at radius 2 is 2.17 bits per heavy atom. The van der Waals surface area contributed by atoms with Crippen LogP contribution in [0.5, 0.6) is 0 Å². The predicted octanol–water partition coefficient (Wildman–Crippen LogP) is 4.02. The van der Waals surface area contributed by atoms with Gasteiger partial charge in [0.2, 0.25) is 0 Å². The molecule has 0 aromatic carbocycles. The zero-order chi connectivity index (χ0) is 13.8. The molecule has 0 aromatic heterocycles. The van der Waals surface area contributed by atoms with Crippen molar-refractivity contribution in [1.29, 1.82) is 0 Å². The maximum absolute atomic E-state index is 5.34. The van der Waals surface area contributed by atoms with Crippen molar-refractivity contribution >= 4 is 23.5 Å². The Balaban J connectivity index is 2.79. The minimum atomic E-state index is 0.198. The van der Waals surface area contributed by atoms with Gasteiger partial charge in [0.1, 0.15) is 0 Å². The molecular weight excluding hydrogens is 240 g/mol. The third-order valence-electron chi connectivity index (χ3n) is 3.55. The summed E-state index contributed by atoms with van der Waals surface area (Å²) in [5, 5.41) is 0.198. The number of rotatable bonds is 3. The van der Waals surface area contributed by atoms with E-state index in [2.05, 4.69) is 44.8 Å². The molecule has 0 aliphatic heterocycles. The predicted molar refractivity (Wildman–Crippen MR) is 83.9 cm³/mol. The van der Waals surface area contributed by atoms with Crippen LogP contribution >= 0.6 is 12.2 Å². The van der Waals surface area contributed by atoms with Crippen LogP contribution < -0.4 is 5.73 Å². The third-order valence-corrected chi connectivity index (χ3v) is 3.65. The van der Waals surface area contributed by atoms with Crippen LogP contribution in [0.15, 0.2) is 28.3 Å². The molecule has 18 heavy (non-hydrogen) atoms. The van der Waals surface area contributed by atoms with E-state index in [4.69, 9.17) is 18.0 Å². The van der Waals surface area contributed by atoms with Crippen LogP contribution in [0.1, 0.15) is 47.0 Å². The fourth-order valence-electron chi connectivity index (χ4n) is 2.50. The average Bonchev–Trinajstić information content (AvgIpc) is 2.24. The molecule has 0 amide bonds. The van der Waals surface area contributed by atoms with Gasteiger partial charge < -0.3 is 5.73 Å². The van der Waals surface area contributed by atoms with Gasteiger partial charge in [-0.2, -0.15) is 0 Å². The maximum Gasteiger partial charge on any atom is 0.189 e. The Bertz CT molecular complexity index is 403. The van der Waals surface area contributed by atoms with Crippen LogP contribution in [0, 0.1) is 11.3 Å². The average molecular weight is 264 g/mol. The summed E-state index contributed by atoms with van der Waals surface area (Å²) in [5.74, 6) is 0.254. The molecule has 0 aromatic rings. The third kappa shape index (κ3) is 4.37. The molecule has 1 rings (SSSR count). The van der Waals surface area contributed by atoms with Gasteiger partial charge in [-0.05, 0) is 49.4 Å². The Labute approximate surface area is 116 Å². The summed E-state index contributed by atoms with van der Waals surface area (Å²) in [6.07, 6.45) is 10.0. The van der Waals surface area contributed by atoms with E-state index in [-0.39, 0.29) is 11.0 Å². The number of allylic oxidation sites excluding steroid dienone is 4. The largest absolute Gasteiger partial charge is 0.374 e. The van der Waals surface area contributed by atoms with Crippen LogP contribution in [0.25, 0.3) is 0 Å². The Hall–Kier alpha value is -0.960. The van der Waals surface area contributed by atoms with Crippen LogP contribution in [-0.4, -0.2) is 11.3 Å². The lowest BCUT2D eigenvalue weighted by atomic mass is 9.72. The fourth-order valence-corrected chi connectivity index (χ4v) is 2.56. The van der Waals surface area contributed by atoms with Crippen molar-refractivity contribution in [1.82, 2.24) is 0 Å². The van der Waals surface area contributed by atoms with Crippen molar-refractivity contribution in [3.8, 4) is 0 Å². The number of hydrogen-bond donors (Lipinski definition) is 1. The molecular formula is C15H24N2S. The summed E-state index contributed by atoms with van der Waals surface area (Å²) in [6, 6.07) is 0. The number of aliphatic imine (C=N–C) groups is 1. The summed E-state index contributed by atoms with van der Waals surface area (Å²) in [5.41, 5.74) is 8.63. The summed E-state index contributed by atoms with van der Waals surface area (Å²) >= 11 is 4.72. The first kappa shape index (κ1) is 15.1. The van der Waals surface area contributed by atoms with Gasteiger partial charge in [-0.3, -0.25) is 0 Å². The lowest BCUT2D eigenvalue weighted by molar-refractivity contribution is 0.376. The first-order chi connectivity index (χ1) is 8.33. The van der Waals surface area contributed by atoms with E-state index < -0.39 is 0 Å². The molecule has 0 fully saturated rings. The number of hydrogen-bond acceptors (Lipinski definition) is 1. The second kappa shape index (κ2) is 6.28. The maximum atomic E-state index is 5.34. The highest BCUT2D eigenvalue weighted by molar-refractivity contribution is 7.80. The van der Waals surface area contributed by atoms with Crippen molar-refractivity contribution in [3.63, 3.8) is 0 Å². The van der Waals surface area contributed by atoms with E-state index in [0.717, 1.165) is 0 Å². The molecule has 1 aliphatic carbocycles. The Morgan fingerprint density at radius 1 is 1.50 bits per heavy atom. The molecule has 2 nitrogen and oxygen atoms in total. The molecule has 100 valence electrons. The van der Waals surface area contributed by atoms with Crippen molar-refractivity contribution < 1.29 is 0 Å². The summed E-state index contributed by atoms with van der Waals surface area (Å²) in [6.45, 7) is 8.98. The quantitative estimate of drug-likeness (QED) is 0.617. The van der Waals surface area contributed by atoms with Gasteiger partial charge in [-0.15, -0.1) is 0 Å². The topological polar surface area (TPSA) is 38.4 Å². The molecule has 2 N–H and O–H groups in total. The normalized spacial score (nSPS) is 21.8. The van der Waals surface area contributed by atoms with E-state index in [9.17, 15) is 0 Å². The lowest BCUT2D eigenvalue weighted by Crippen LogP contribution is -2.19. The lowest BCUT2D eigenvalue weighted by Gasteiger charge is -2.33.